The number of carbonyl (C=O) groups is 1. The number of nitrogens with two attached hydrogens (primary N) is 1. The van der Waals surface area contributed by atoms with E-state index in [2.05, 4.69) is 60.0 Å². The van der Waals surface area contributed by atoms with Crippen molar-refractivity contribution in [1.82, 2.24) is 10.6 Å². The maximum Gasteiger partial charge on any atom is 0.337 e. The van der Waals surface area contributed by atoms with Crippen LogP contribution in [0.4, 0.5) is 8.92 Å². The third-order valence-electron chi connectivity index (χ3n) is 13.6. The van der Waals surface area contributed by atoms with Gasteiger partial charge in [0, 0.05) is 35.6 Å². The van der Waals surface area contributed by atoms with Crippen LogP contribution >= 0.6 is 31.0 Å². The van der Waals surface area contributed by atoms with E-state index >= 15 is 0 Å². The molecule has 0 bridgehead atoms. The number of nitrogens with one attached hydrogen (secondary N) is 2. The van der Waals surface area contributed by atoms with Crippen molar-refractivity contribution in [3.8, 4) is 0 Å². The fourth-order valence-corrected chi connectivity index (χ4v) is 11.1. The second-order valence-corrected chi connectivity index (χ2v) is 16.0. The smallest absolute Gasteiger partial charge is 0.337 e. The van der Waals surface area contributed by atoms with E-state index in [9.17, 15) is 8.92 Å². The normalized spacial score (nSPS) is 39.7. The minimum atomic E-state index is -0.292. The molecule has 13 atom stereocenters. The van der Waals surface area contributed by atoms with E-state index in [0.29, 0.717) is 40.7 Å². The van der Waals surface area contributed by atoms with Crippen LogP contribution in [-0.2, 0) is 20.9 Å². The van der Waals surface area contributed by atoms with Gasteiger partial charge in [-0.15, -0.1) is 9.80 Å². The molecule has 1 saturated heterocycles. The molecule has 0 spiro atoms. The molecule has 4 aliphatic carbocycles. The molecule has 1 aromatic carbocycles. The highest BCUT2D eigenvalue weighted by Gasteiger charge is 2.65. The third kappa shape index (κ3) is 8.68. The van der Waals surface area contributed by atoms with E-state index in [1.54, 1.807) is 0 Å². The monoisotopic (exact) mass is 791 g/mol. The van der Waals surface area contributed by atoms with Gasteiger partial charge in [0.2, 0.25) is 0 Å². The molecule has 0 aromatic heterocycles. The summed E-state index contributed by atoms with van der Waals surface area (Å²) < 4.78 is 29.9. The van der Waals surface area contributed by atoms with Gasteiger partial charge in [-0.3, -0.25) is 15.1 Å². The first kappa shape index (κ1) is 39.3. The Labute approximate surface area is 300 Å². The van der Waals surface area contributed by atoms with Crippen LogP contribution in [0, 0.1) is 58.1 Å². The molecule has 47 heavy (non-hydrogen) atoms. The number of carbonyl (C=O) groups excluding carboxylic acids is 1. The molecule has 1 heterocycles. The molecular formula is C37H60F2IN3O3S. The van der Waals surface area contributed by atoms with Gasteiger partial charge in [-0.05, 0) is 143 Å². The Hall–Kier alpha value is -0.530. The number of benzene rings is 1. The fraction of sp³-hybridized carbons (Fsp3) is 0.811. The highest BCUT2D eigenvalue weighted by atomic mass is 127. The van der Waals surface area contributed by atoms with Crippen molar-refractivity contribution in [2.75, 3.05) is 13.1 Å². The van der Waals surface area contributed by atoms with Crippen molar-refractivity contribution in [3.05, 3.63) is 35.6 Å². The van der Waals surface area contributed by atoms with Crippen molar-refractivity contribution in [2.45, 2.75) is 123 Å². The molecule has 5 fully saturated rings. The summed E-state index contributed by atoms with van der Waals surface area (Å²) in [5.41, 5.74) is 8.54. The summed E-state index contributed by atoms with van der Waals surface area (Å²) in [7, 11) is 3.50. The lowest BCUT2D eigenvalue weighted by Gasteiger charge is -2.61. The summed E-state index contributed by atoms with van der Waals surface area (Å²) in [5.74, 6) is 5.30. The van der Waals surface area contributed by atoms with Crippen LogP contribution in [-0.4, -0.2) is 44.0 Å². The zero-order valence-corrected chi connectivity index (χ0v) is 32.2. The van der Waals surface area contributed by atoms with Gasteiger partial charge in [-0.25, -0.2) is 4.39 Å². The van der Waals surface area contributed by atoms with Gasteiger partial charge in [0.25, 0.3) is 0 Å². The molecule has 1 aliphatic heterocycles. The van der Waals surface area contributed by atoms with E-state index in [0.717, 1.165) is 48.7 Å². The Bertz CT molecular complexity index is 1120. The lowest BCUT2D eigenvalue weighted by molar-refractivity contribution is -0.165. The third-order valence-corrected chi connectivity index (χ3v) is 13.6. The van der Waals surface area contributed by atoms with Crippen LogP contribution in [0.15, 0.2) is 24.3 Å². The van der Waals surface area contributed by atoms with E-state index < -0.39 is 0 Å². The van der Waals surface area contributed by atoms with Crippen LogP contribution in [0.2, 0.25) is 0 Å². The Kier molecular flexibility index (Phi) is 14.7. The summed E-state index contributed by atoms with van der Waals surface area (Å²) >= 11 is 1.84. The first-order chi connectivity index (χ1) is 22.5. The van der Waals surface area contributed by atoms with Gasteiger partial charge in [-0.2, -0.15) is 0 Å². The summed E-state index contributed by atoms with van der Waals surface area (Å²) in [4.78, 5) is 10.9. The first-order valence-corrected chi connectivity index (χ1v) is 21.3. The lowest BCUT2D eigenvalue weighted by atomic mass is 9.44. The number of hydrogen-bond donors (Lipinski definition) is 4. The molecule has 0 amide bonds. The average Bonchev–Trinajstić information content (AvgIpc) is 3.57. The summed E-state index contributed by atoms with van der Waals surface area (Å²) in [6.45, 7) is 14.1. The van der Waals surface area contributed by atoms with Crippen molar-refractivity contribution in [2.24, 2.45) is 58.0 Å². The molecule has 10 heteroatoms. The Morgan fingerprint density at radius 2 is 1.74 bits per heavy atom. The standard InChI is InChI=1S/C36H58FN3O.CHFO2.HIS/c1-6-22(2)20-40-34-23(3)33-32(41-34)19-31-29-12-9-25-18-28(13-15-35(25,4)30(29)14-16-36(31,33)5)39-21-27(38)17-24-7-10-26(37)11-8-24;2-4-1-3;1-2/h7-8,10-11,22-23,25,27-34,39-40H,6,9,12-21,38H2,1-5H3;1H;2H/t22-,23-,25?,27-,28?,29+,30?,31?,32-,33?,34-,35-,36-;;/m0../s1. The van der Waals surface area contributed by atoms with Crippen LogP contribution in [0.25, 0.3) is 0 Å². The summed E-state index contributed by atoms with van der Waals surface area (Å²) in [5, 5.41) is 7.66. The Morgan fingerprint density at radius 1 is 1.06 bits per heavy atom. The maximum atomic E-state index is 13.3. The first-order valence-electron chi connectivity index (χ1n) is 18.0. The molecule has 1 aromatic rings. The Balaban J connectivity index is 0.000000776. The topological polar surface area (TPSA) is 85.6 Å². The molecule has 6 rings (SSSR count). The van der Waals surface area contributed by atoms with Gasteiger partial charge in [0.05, 0.1) is 6.10 Å². The van der Waals surface area contributed by atoms with E-state index in [1.165, 1.54) is 69.9 Å². The van der Waals surface area contributed by atoms with E-state index in [1.807, 2.05) is 33.3 Å². The van der Waals surface area contributed by atoms with Gasteiger partial charge >= 0.3 is 6.47 Å². The Morgan fingerprint density at radius 3 is 2.40 bits per heavy atom. The molecule has 6 nitrogen and oxygen atoms in total. The second-order valence-electron chi connectivity index (χ2n) is 16.0. The summed E-state index contributed by atoms with van der Waals surface area (Å²) in [6.07, 6.45) is 13.6. The number of halogens is 3. The molecule has 4 N–H and O–H groups in total. The number of ether oxygens (including phenoxy) is 1. The SMILES string of the molecule is CC[C@H](C)CN[C@H]1O[C@H]2CC3[C@@H]4CCC5CC(NC[C@@H](N)Cc6ccc(F)cc6)CC[C@]5(C)C4CC[C@]3(C)C2[C@@H]1C.O=COF.SI. The number of hydrogen-bond acceptors (Lipinski definition) is 7. The molecule has 5 unspecified atom stereocenters. The van der Waals surface area contributed by atoms with Gasteiger partial charge in [0.15, 0.2) is 0 Å². The molecule has 0 radical (unpaired) electrons. The lowest BCUT2D eigenvalue weighted by Crippen LogP contribution is -2.56. The highest BCUT2D eigenvalue weighted by molar-refractivity contribution is 14.2. The van der Waals surface area contributed by atoms with Gasteiger partial charge in [0.1, 0.15) is 12.0 Å². The average molecular weight is 792 g/mol. The molecule has 4 saturated carbocycles. The van der Waals surface area contributed by atoms with Crippen LogP contribution in [0.3, 0.4) is 0 Å². The van der Waals surface area contributed by atoms with Crippen molar-refractivity contribution in [1.29, 1.82) is 0 Å². The van der Waals surface area contributed by atoms with E-state index in [-0.39, 0.29) is 24.6 Å². The zero-order chi connectivity index (χ0) is 34.4. The number of fused-ring (bicyclic) bond motifs is 7. The summed E-state index contributed by atoms with van der Waals surface area (Å²) in [6, 6.07) is 7.45. The van der Waals surface area contributed by atoms with Gasteiger partial charge < -0.3 is 15.8 Å². The van der Waals surface area contributed by atoms with Crippen molar-refractivity contribution >= 4 is 37.5 Å². The number of rotatable bonds is 10. The highest BCUT2D eigenvalue weighted by Crippen LogP contribution is 2.69. The zero-order valence-electron chi connectivity index (χ0n) is 29.1. The maximum absolute atomic E-state index is 13.3. The molecule has 268 valence electrons. The van der Waals surface area contributed by atoms with Crippen LogP contribution in [0.5, 0.6) is 0 Å². The van der Waals surface area contributed by atoms with Crippen molar-refractivity contribution in [3.63, 3.8) is 0 Å². The van der Waals surface area contributed by atoms with Crippen molar-refractivity contribution < 1.29 is 23.4 Å². The minimum Gasteiger partial charge on any atom is -0.360 e. The second kappa shape index (κ2) is 17.6. The van der Waals surface area contributed by atoms with Gasteiger partial charge in [-0.1, -0.05) is 53.2 Å². The predicted octanol–water partition coefficient (Wildman–Crippen LogP) is 8.23. The quantitative estimate of drug-likeness (QED) is 0.109. The van der Waals surface area contributed by atoms with E-state index in [4.69, 9.17) is 15.3 Å². The fourth-order valence-electron chi connectivity index (χ4n) is 11.1. The number of thiol groups is 1. The molecular weight excluding hydrogens is 731 g/mol. The predicted molar refractivity (Wildman–Crippen MR) is 197 cm³/mol. The van der Waals surface area contributed by atoms with Crippen LogP contribution < -0.4 is 16.4 Å². The molecule has 5 aliphatic rings. The minimum absolute atomic E-state index is 0.0665. The largest absolute Gasteiger partial charge is 0.360 e. The van der Waals surface area contributed by atoms with Crippen LogP contribution in [0.1, 0.15) is 98.0 Å².